The number of halogens is 1. The van der Waals surface area contributed by atoms with Crippen LogP contribution in [0.2, 0.25) is 5.28 Å². The fourth-order valence-electron chi connectivity index (χ4n) is 1.74. The van der Waals surface area contributed by atoms with Gasteiger partial charge in [0.2, 0.25) is 5.28 Å². The highest BCUT2D eigenvalue weighted by Crippen LogP contribution is 2.26. The fourth-order valence-corrected chi connectivity index (χ4v) is 3.22. The van der Waals surface area contributed by atoms with E-state index in [1.54, 1.807) is 0 Å². The van der Waals surface area contributed by atoms with Crippen LogP contribution in [0.1, 0.15) is 19.2 Å². The molecule has 1 aliphatic heterocycles. The molecule has 0 radical (unpaired) electrons. The average Bonchev–Trinajstić information content (AvgIpc) is 2.79. The minimum absolute atomic E-state index is 0.541. The molecule has 5 heteroatoms. The van der Waals surface area contributed by atoms with Crippen molar-refractivity contribution < 1.29 is 0 Å². The minimum atomic E-state index is 0.541. The Bertz CT molecular complexity index is 307. The van der Waals surface area contributed by atoms with E-state index >= 15 is 0 Å². The Morgan fingerprint density at radius 3 is 3.07 bits per heavy atom. The van der Waals surface area contributed by atoms with E-state index in [1.807, 2.05) is 11.8 Å². The molecule has 1 fully saturated rings. The van der Waals surface area contributed by atoms with Gasteiger partial charge in [0.05, 0.1) is 0 Å². The summed E-state index contributed by atoms with van der Waals surface area (Å²) < 4.78 is 2.05. The third kappa shape index (κ3) is 2.06. The Morgan fingerprint density at radius 2 is 2.43 bits per heavy atom. The topological polar surface area (TPSA) is 30.7 Å². The molecule has 0 aromatic carbocycles. The van der Waals surface area contributed by atoms with Gasteiger partial charge < -0.3 is 4.57 Å². The number of thioether (sulfide) groups is 1. The molecule has 1 aromatic rings. The Hall–Kier alpha value is -0.220. The number of rotatable bonds is 3. The van der Waals surface area contributed by atoms with E-state index in [0.29, 0.717) is 5.28 Å². The van der Waals surface area contributed by atoms with Crippen LogP contribution in [0.3, 0.4) is 0 Å². The van der Waals surface area contributed by atoms with Crippen LogP contribution in [-0.2, 0) is 13.0 Å². The monoisotopic (exact) mass is 231 g/mol. The van der Waals surface area contributed by atoms with Gasteiger partial charge in [0, 0.05) is 13.0 Å². The third-order valence-corrected chi connectivity index (χ3v) is 4.07. The number of nitrogens with zero attached hydrogens (tertiary/aromatic N) is 3. The summed E-state index contributed by atoms with van der Waals surface area (Å²) in [6, 6.07) is 0. The maximum Gasteiger partial charge on any atom is 0.225 e. The van der Waals surface area contributed by atoms with Crippen molar-refractivity contribution in [1.29, 1.82) is 0 Å². The van der Waals surface area contributed by atoms with Crippen LogP contribution in [0.25, 0.3) is 0 Å². The lowest BCUT2D eigenvalue weighted by atomic mass is 10.1. The molecule has 0 amide bonds. The zero-order chi connectivity index (χ0) is 9.97. The molecule has 0 spiro atoms. The van der Waals surface area contributed by atoms with E-state index in [-0.39, 0.29) is 0 Å². The van der Waals surface area contributed by atoms with E-state index in [4.69, 9.17) is 11.6 Å². The first-order chi connectivity index (χ1) is 6.81. The van der Waals surface area contributed by atoms with Crippen LogP contribution in [-0.4, -0.2) is 26.3 Å². The SMILES string of the molecule is CCc1nnc(Cl)n1CC1CCSC1. The summed E-state index contributed by atoms with van der Waals surface area (Å²) in [5.74, 6) is 4.29. The zero-order valence-electron chi connectivity index (χ0n) is 8.24. The molecule has 3 nitrogen and oxygen atoms in total. The van der Waals surface area contributed by atoms with Gasteiger partial charge in [0.15, 0.2) is 0 Å². The lowest BCUT2D eigenvalue weighted by Crippen LogP contribution is -2.12. The van der Waals surface area contributed by atoms with Gasteiger partial charge >= 0.3 is 0 Å². The molecular formula is C9H14ClN3S. The second-order valence-electron chi connectivity index (χ2n) is 3.58. The van der Waals surface area contributed by atoms with Gasteiger partial charge in [0.1, 0.15) is 5.82 Å². The summed E-state index contributed by atoms with van der Waals surface area (Å²) >= 11 is 8.01. The van der Waals surface area contributed by atoms with Crippen molar-refractivity contribution in [3.05, 3.63) is 11.1 Å². The first-order valence-corrected chi connectivity index (χ1v) is 6.50. The summed E-state index contributed by atoms with van der Waals surface area (Å²) in [5, 5.41) is 8.49. The number of hydrogen-bond acceptors (Lipinski definition) is 3. The molecule has 14 heavy (non-hydrogen) atoms. The molecule has 2 rings (SSSR count). The van der Waals surface area contributed by atoms with Crippen LogP contribution < -0.4 is 0 Å². The first-order valence-electron chi connectivity index (χ1n) is 4.96. The highest BCUT2D eigenvalue weighted by atomic mass is 35.5. The molecule has 1 aliphatic rings. The van der Waals surface area contributed by atoms with E-state index in [1.165, 1.54) is 17.9 Å². The molecule has 78 valence electrons. The van der Waals surface area contributed by atoms with Crippen molar-refractivity contribution >= 4 is 23.4 Å². The van der Waals surface area contributed by atoms with Gasteiger partial charge in [-0.2, -0.15) is 11.8 Å². The molecule has 1 atom stereocenters. The smallest absolute Gasteiger partial charge is 0.225 e. The van der Waals surface area contributed by atoms with E-state index in [9.17, 15) is 0 Å². The largest absolute Gasteiger partial charge is 0.301 e. The molecule has 0 N–H and O–H groups in total. The lowest BCUT2D eigenvalue weighted by molar-refractivity contribution is 0.481. The van der Waals surface area contributed by atoms with E-state index < -0.39 is 0 Å². The quantitative estimate of drug-likeness (QED) is 0.800. The number of hydrogen-bond donors (Lipinski definition) is 0. The van der Waals surface area contributed by atoms with Crippen LogP contribution in [0.5, 0.6) is 0 Å². The van der Waals surface area contributed by atoms with Gasteiger partial charge in [-0.25, -0.2) is 0 Å². The fraction of sp³-hybridized carbons (Fsp3) is 0.778. The first kappa shape index (κ1) is 10.3. The van der Waals surface area contributed by atoms with E-state index in [2.05, 4.69) is 21.7 Å². The average molecular weight is 232 g/mol. The van der Waals surface area contributed by atoms with Gasteiger partial charge in [-0.1, -0.05) is 6.92 Å². The Morgan fingerprint density at radius 1 is 1.57 bits per heavy atom. The highest BCUT2D eigenvalue weighted by Gasteiger charge is 2.19. The summed E-state index contributed by atoms with van der Waals surface area (Å²) in [7, 11) is 0. The summed E-state index contributed by atoms with van der Waals surface area (Å²) in [5.41, 5.74) is 0. The third-order valence-electron chi connectivity index (χ3n) is 2.56. The standard InChI is InChI=1S/C9H14ClN3S/c1-2-8-11-12-9(10)13(8)5-7-3-4-14-6-7/h7H,2-6H2,1H3. The van der Waals surface area contributed by atoms with Gasteiger partial charge in [-0.15, -0.1) is 10.2 Å². The van der Waals surface area contributed by atoms with Crippen molar-refractivity contribution in [2.24, 2.45) is 5.92 Å². The Kier molecular flexibility index (Phi) is 3.34. The maximum atomic E-state index is 5.98. The lowest BCUT2D eigenvalue weighted by Gasteiger charge is -2.11. The number of aryl methyl sites for hydroxylation is 1. The Balaban J connectivity index is 2.09. The molecular weight excluding hydrogens is 218 g/mol. The molecule has 1 aromatic heterocycles. The van der Waals surface area contributed by atoms with Crippen LogP contribution in [0.4, 0.5) is 0 Å². The van der Waals surface area contributed by atoms with Gasteiger partial charge in [-0.3, -0.25) is 0 Å². The molecule has 0 aliphatic carbocycles. The van der Waals surface area contributed by atoms with Crippen molar-refractivity contribution in [3.8, 4) is 0 Å². The molecule has 0 bridgehead atoms. The molecule has 2 heterocycles. The van der Waals surface area contributed by atoms with Crippen LogP contribution in [0.15, 0.2) is 0 Å². The maximum absolute atomic E-state index is 5.98. The summed E-state index contributed by atoms with van der Waals surface area (Å²) in [6.07, 6.45) is 2.20. The molecule has 0 saturated carbocycles. The van der Waals surface area contributed by atoms with Crippen LogP contribution in [0, 0.1) is 5.92 Å². The van der Waals surface area contributed by atoms with Gasteiger partial charge in [-0.05, 0) is 35.4 Å². The summed E-state index contributed by atoms with van der Waals surface area (Å²) in [6.45, 7) is 3.07. The molecule has 1 unspecified atom stereocenters. The zero-order valence-corrected chi connectivity index (χ0v) is 9.81. The predicted molar refractivity (Wildman–Crippen MR) is 59.8 cm³/mol. The van der Waals surface area contributed by atoms with Crippen molar-refractivity contribution in [3.63, 3.8) is 0 Å². The minimum Gasteiger partial charge on any atom is -0.301 e. The van der Waals surface area contributed by atoms with E-state index in [0.717, 1.165) is 24.7 Å². The van der Waals surface area contributed by atoms with Crippen molar-refractivity contribution in [1.82, 2.24) is 14.8 Å². The van der Waals surface area contributed by atoms with Crippen LogP contribution >= 0.6 is 23.4 Å². The Labute approximate surface area is 93.2 Å². The van der Waals surface area contributed by atoms with Crippen molar-refractivity contribution in [2.45, 2.75) is 26.3 Å². The van der Waals surface area contributed by atoms with Gasteiger partial charge in [0.25, 0.3) is 0 Å². The predicted octanol–water partition coefficient (Wildman–Crippen LogP) is 2.25. The van der Waals surface area contributed by atoms with Crippen molar-refractivity contribution in [2.75, 3.05) is 11.5 Å². The second-order valence-corrected chi connectivity index (χ2v) is 5.07. The second kappa shape index (κ2) is 4.53. The number of aromatic nitrogens is 3. The molecule has 1 saturated heterocycles. The highest BCUT2D eigenvalue weighted by molar-refractivity contribution is 7.99. The summed E-state index contributed by atoms with van der Waals surface area (Å²) in [4.78, 5) is 0. The normalized spacial score (nSPS) is 21.7.